The number of anilines is 2. The molecule has 1 N–H and O–H groups in total. The number of fused-ring (bicyclic) bond motifs is 3. The molecule has 4 nitrogen and oxygen atoms in total. The van der Waals surface area contributed by atoms with Gasteiger partial charge in [-0.25, -0.2) is 4.98 Å². The number of nitrogens with zero attached hydrogens (tertiary/aromatic N) is 3. The summed E-state index contributed by atoms with van der Waals surface area (Å²) in [4.78, 5) is 4.68. The van der Waals surface area contributed by atoms with Gasteiger partial charge in [0.15, 0.2) is 5.65 Å². The summed E-state index contributed by atoms with van der Waals surface area (Å²) in [7, 11) is 0. The molecule has 2 heterocycles. The summed E-state index contributed by atoms with van der Waals surface area (Å²) in [6.07, 6.45) is 0. The zero-order valence-corrected chi connectivity index (χ0v) is 14.5. The van der Waals surface area contributed by atoms with E-state index in [0.717, 1.165) is 28.1 Å². The summed E-state index contributed by atoms with van der Waals surface area (Å²) in [5, 5.41) is 13.1. The molecule has 0 radical (unpaired) electrons. The van der Waals surface area contributed by atoms with Gasteiger partial charge in [-0.1, -0.05) is 18.2 Å². The van der Waals surface area contributed by atoms with Crippen LogP contribution < -0.4 is 5.32 Å². The molecule has 0 unspecified atom stereocenters. The van der Waals surface area contributed by atoms with E-state index in [4.69, 9.17) is 0 Å². The van der Waals surface area contributed by atoms with Crippen molar-refractivity contribution in [3.8, 4) is 6.07 Å². The number of aromatic nitrogens is 2. The summed E-state index contributed by atoms with van der Waals surface area (Å²) in [5.74, 6) is 0.906. The fourth-order valence-electron chi connectivity index (χ4n) is 3.15. The van der Waals surface area contributed by atoms with Gasteiger partial charge in [0.05, 0.1) is 16.6 Å². The Kier molecular flexibility index (Phi) is 3.43. The van der Waals surface area contributed by atoms with E-state index in [1.54, 1.807) is 0 Å². The second-order valence-corrected chi connectivity index (χ2v) is 6.38. The summed E-state index contributed by atoms with van der Waals surface area (Å²) in [6, 6.07) is 18.6. The molecule has 0 aliphatic heterocycles. The van der Waals surface area contributed by atoms with E-state index < -0.39 is 0 Å². The minimum Gasteiger partial charge on any atom is -0.341 e. The van der Waals surface area contributed by atoms with Gasteiger partial charge in [0, 0.05) is 5.69 Å². The van der Waals surface area contributed by atoms with Crippen LogP contribution in [0.25, 0.3) is 16.7 Å². The Hall–Kier alpha value is -3.32. The average Bonchev–Trinajstić information content (AvgIpc) is 2.98. The molecule has 0 saturated heterocycles. The quantitative estimate of drug-likeness (QED) is 0.562. The predicted molar refractivity (Wildman–Crippen MR) is 101 cm³/mol. The highest BCUT2D eigenvalue weighted by atomic mass is 15.1. The first-order chi connectivity index (χ1) is 12.1. The topological polar surface area (TPSA) is 53.1 Å². The highest BCUT2D eigenvalue weighted by Gasteiger charge is 2.15. The number of nitriles is 1. The van der Waals surface area contributed by atoms with Crippen LogP contribution in [0.3, 0.4) is 0 Å². The maximum atomic E-state index is 9.57. The van der Waals surface area contributed by atoms with Crippen LogP contribution in [0.1, 0.15) is 22.3 Å². The molecule has 4 aromatic rings. The van der Waals surface area contributed by atoms with E-state index in [2.05, 4.69) is 48.4 Å². The molecule has 2 aromatic heterocycles. The van der Waals surface area contributed by atoms with Gasteiger partial charge in [-0.3, -0.25) is 4.40 Å². The minimum absolute atomic E-state index is 0.613. The van der Waals surface area contributed by atoms with Crippen LogP contribution in [-0.2, 0) is 0 Å². The summed E-state index contributed by atoms with van der Waals surface area (Å²) >= 11 is 0. The third-order valence-electron chi connectivity index (χ3n) is 4.66. The lowest BCUT2D eigenvalue weighted by molar-refractivity contribution is 1.19. The molecule has 0 fully saturated rings. The van der Waals surface area contributed by atoms with Crippen LogP contribution in [0.5, 0.6) is 0 Å². The summed E-state index contributed by atoms with van der Waals surface area (Å²) in [5.41, 5.74) is 7.61. The van der Waals surface area contributed by atoms with Gasteiger partial charge in [0.1, 0.15) is 11.9 Å². The second-order valence-electron chi connectivity index (χ2n) is 6.38. The van der Waals surface area contributed by atoms with Crippen LogP contribution in [-0.4, -0.2) is 9.38 Å². The van der Waals surface area contributed by atoms with Crippen molar-refractivity contribution in [2.24, 2.45) is 0 Å². The molecule has 0 amide bonds. The molecule has 122 valence electrons. The Labute approximate surface area is 146 Å². The third kappa shape index (κ3) is 2.41. The van der Waals surface area contributed by atoms with E-state index >= 15 is 0 Å². The highest BCUT2D eigenvalue weighted by Crippen LogP contribution is 2.28. The molecule has 4 heteroatoms. The minimum atomic E-state index is 0.613. The Morgan fingerprint density at radius 1 is 0.960 bits per heavy atom. The van der Waals surface area contributed by atoms with Gasteiger partial charge in [0.25, 0.3) is 0 Å². The predicted octanol–water partition coefficient (Wildman–Crippen LogP) is 5.03. The van der Waals surface area contributed by atoms with Gasteiger partial charge in [-0.2, -0.15) is 5.26 Å². The zero-order valence-electron chi connectivity index (χ0n) is 14.5. The molecular formula is C21H18N4. The van der Waals surface area contributed by atoms with Gasteiger partial charge in [-0.05, 0) is 67.8 Å². The molecule has 0 aliphatic rings. The molecular weight excluding hydrogens is 308 g/mol. The van der Waals surface area contributed by atoms with Crippen molar-refractivity contribution in [2.75, 3.05) is 5.32 Å². The number of pyridine rings is 1. The number of hydrogen-bond acceptors (Lipinski definition) is 3. The van der Waals surface area contributed by atoms with Gasteiger partial charge >= 0.3 is 0 Å². The second kappa shape index (κ2) is 5.64. The third-order valence-corrected chi connectivity index (χ3v) is 4.66. The Balaban J connectivity index is 2.00. The van der Waals surface area contributed by atoms with Crippen molar-refractivity contribution >= 4 is 28.2 Å². The Bertz CT molecular complexity index is 1160. The molecule has 2 aromatic carbocycles. The lowest BCUT2D eigenvalue weighted by Crippen LogP contribution is -2.02. The van der Waals surface area contributed by atoms with E-state index in [0.29, 0.717) is 11.2 Å². The molecule has 0 aliphatic carbocycles. The fraction of sp³-hybridized carbons (Fsp3) is 0.143. The molecule has 0 saturated carbocycles. The summed E-state index contributed by atoms with van der Waals surface area (Å²) in [6.45, 7) is 6.16. The molecule has 0 bridgehead atoms. The van der Waals surface area contributed by atoms with E-state index in [-0.39, 0.29) is 0 Å². The number of aryl methyl sites for hydroxylation is 3. The van der Waals surface area contributed by atoms with Crippen molar-refractivity contribution in [1.82, 2.24) is 9.38 Å². The SMILES string of the molecule is Cc1ccc(Nc2cc(C)c(C#N)c3nc4ccccc4n23)cc1C. The highest BCUT2D eigenvalue weighted by molar-refractivity contribution is 5.85. The normalized spacial score (nSPS) is 11.0. The number of benzene rings is 2. The zero-order chi connectivity index (χ0) is 17.6. The van der Waals surface area contributed by atoms with Gasteiger partial charge in [0.2, 0.25) is 0 Å². The van der Waals surface area contributed by atoms with E-state index in [1.165, 1.54) is 11.1 Å². The average molecular weight is 326 g/mol. The molecule has 25 heavy (non-hydrogen) atoms. The van der Waals surface area contributed by atoms with Crippen LogP contribution >= 0.6 is 0 Å². The maximum Gasteiger partial charge on any atom is 0.157 e. The van der Waals surface area contributed by atoms with Gasteiger partial charge < -0.3 is 5.32 Å². The maximum absolute atomic E-state index is 9.57. The lowest BCUT2D eigenvalue weighted by Gasteiger charge is -2.13. The van der Waals surface area contributed by atoms with Crippen LogP contribution in [0.15, 0.2) is 48.5 Å². The number of hydrogen-bond donors (Lipinski definition) is 1. The molecule has 0 spiro atoms. The fourth-order valence-corrected chi connectivity index (χ4v) is 3.15. The van der Waals surface area contributed by atoms with Crippen molar-refractivity contribution < 1.29 is 0 Å². The number of imidazole rings is 1. The Morgan fingerprint density at radius 2 is 1.76 bits per heavy atom. The molecule has 0 atom stereocenters. The van der Waals surface area contributed by atoms with Crippen LogP contribution in [0, 0.1) is 32.1 Å². The lowest BCUT2D eigenvalue weighted by atomic mass is 10.1. The smallest absolute Gasteiger partial charge is 0.157 e. The number of nitrogens with one attached hydrogen (secondary N) is 1. The van der Waals surface area contributed by atoms with Crippen LogP contribution in [0.2, 0.25) is 0 Å². The van der Waals surface area contributed by atoms with Crippen LogP contribution in [0.4, 0.5) is 11.5 Å². The number of rotatable bonds is 2. The van der Waals surface area contributed by atoms with Crippen molar-refractivity contribution in [2.45, 2.75) is 20.8 Å². The first-order valence-corrected chi connectivity index (χ1v) is 8.23. The Morgan fingerprint density at radius 3 is 2.52 bits per heavy atom. The first-order valence-electron chi connectivity index (χ1n) is 8.23. The standard InChI is InChI=1S/C21H18N4/c1-13-8-9-16(10-14(13)2)23-20-11-15(3)17(12-22)21-24-18-6-4-5-7-19(18)25(20)21/h4-11,23H,1-3H3. The van der Waals surface area contributed by atoms with Crippen molar-refractivity contribution in [3.63, 3.8) is 0 Å². The monoisotopic (exact) mass is 326 g/mol. The van der Waals surface area contributed by atoms with E-state index in [1.807, 2.05) is 41.7 Å². The first kappa shape index (κ1) is 15.2. The molecule has 4 rings (SSSR count). The van der Waals surface area contributed by atoms with Crippen molar-refractivity contribution in [1.29, 1.82) is 5.26 Å². The van der Waals surface area contributed by atoms with Gasteiger partial charge in [-0.15, -0.1) is 0 Å². The van der Waals surface area contributed by atoms with Crippen molar-refractivity contribution in [3.05, 3.63) is 70.8 Å². The summed E-state index contributed by atoms with van der Waals surface area (Å²) < 4.78 is 2.02. The van der Waals surface area contributed by atoms with E-state index in [9.17, 15) is 5.26 Å². The number of para-hydroxylation sites is 2. The largest absolute Gasteiger partial charge is 0.341 e.